The first-order chi connectivity index (χ1) is 21.9. The third-order valence-electron chi connectivity index (χ3n) is 9.95. The smallest absolute Gasteiger partial charge is 0.255 e. The highest BCUT2D eigenvalue weighted by molar-refractivity contribution is 6.25. The fourth-order valence-electron chi connectivity index (χ4n) is 7.78. The van der Waals surface area contributed by atoms with Crippen molar-refractivity contribution in [3.63, 3.8) is 0 Å². The summed E-state index contributed by atoms with van der Waals surface area (Å²) in [5.74, 6) is -7.25. The second kappa shape index (κ2) is 11.7. The van der Waals surface area contributed by atoms with E-state index < -0.39 is 58.0 Å². The number of carbonyl (C=O) groups excluding carboxylic acids is 4. The lowest BCUT2D eigenvalue weighted by atomic mass is 9.58. The lowest BCUT2D eigenvalue weighted by molar-refractivity contribution is -0.148. The molecule has 1 fully saturated rings. The van der Waals surface area contributed by atoms with Crippen molar-refractivity contribution >= 4 is 23.4 Å². The van der Waals surface area contributed by atoms with Crippen molar-refractivity contribution in [2.24, 2.45) is 17.6 Å². The number of hydrogen-bond acceptors (Lipinski definition) is 10. The Morgan fingerprint density at radius 1 is 1.09 bits per heavy atom. The van der Waals surface area contributed by atoms with Crippen LogP contribution in [0.5, 0.6) is 5.75 Å². The maximum atomic E-state index is 14.1. The fraction of sp³-hybridized carbons (Fsp3) is 0.412. The summed E-state index contributed by atoms with van der Waals surface area (Å²) in [5, 5.41) is 48.1. The second-order valence-electron chi connectivity index (χ2n) is 12.8. The maximum absolute atomic E-state index is 14.1. The molecule has 4 atom stereocenters. The van der Waals surface area contributed by atoms with E-state index in [4.69, 9.17) is 5.73 Å². The van der Waals surface area contributed by atoms with Crippen molar-refractivity contribution in [3.8, 4) is 16.9 Å². The predicted molar refractivity (Wildman–Crippen MR) is 167 cm³/mol. The van der Waals surface area contributed by atoms with Gasteiger partial charge in [-0.2, -0.15) is 0 Å². The quantitative estimate of drug-likeness (QED) is 0.245. The number of phenolic OH excluding ortho intramolecular Hbond substituents is 1. The summed E-state index contributed by atoms with van der Waals surface area (Å²) in [4.78, 5) is 56.6. The molecule has 0 bridgehead atoms. The van der Waals surface area contributed by atoms with Gasteiger partial charge >= 0.3 is 0 Å². The zero-order valence-corrected chi connectivity index (χ0v) is 25.7. The molecule has 7 N–H and O–H groups in total. The first kappa shape index (κ1) is 31.5. The van der Waals surface area contributed by atoms with Crippen LogP contribution >= 0.6 is 0 Å². The van der Waals surface area contributed by atoms with Gasteiger partial charge in [0, 0.05) is 30.1 Å². The van der Waals surface area contributed by atoms with E-state index in [1.54, 1.807) is 44.4 Å². The molecule has 4 aliphatic rings. The average molecular weight is 631 g/mol. The van der Waals surface area contributed by atoms with Gasteiger partial charge < -0.3 is 36.4 Å². The van der Waals surface area contributed by atoms with Crippen molar-refractivity contribution in [1.29, 1.82) is 0 Å². The monoisotopic (exact) mass is 630 g/mol. The molecule has 0 saturated carbocycles. The van der Waals surface area contributed by atoms with Crippen LogP contribution in [0.3, 0.4) is 0 Å². The topological polar surface area (TPSA) is 194 Å². The lowest BCUT2D eigenvalue weighted by Gasteiger charge is -2.50. The van der Waals surface area contributed by atoms with Crippen LogP contribution in [0.1, 0.15) is 45.5 Å². The van der Waals surface area contributed by atoms with Crippen molar-refractivity contribution in [3.05, 3.63) is 75.8 Å². The summed E-state index contributed by atoms with van der Waals surface area (Å²) in [6, 6.07) is 8.92. The van der Waals surface area contributed by atoms with Crippen LogP contribution in [0.4, 0.5) is 0 Å². The Morgan fingerprint density at radius 2 is 1.80 bits per heavy atom. The molecule has 6 rings (SSSR count). The molecule has 1 heterocycles. The van der Waals surface area contributed by atoms with Crippen LogP contribution in [0.25, 0.3) is 11.1 Å². The standard InChI is InChI=1S/C34H38N4O8/c1-37(2)27-22-16-19-15-21-20(17-6-5-7-18(14-17)33(45)36-10-13-38-11-3-4-12-38)8-9-23(39)25(21)28(40)24(19)30(42)34(22,46)31(43)26(29(27)41)32(35)44/h5-9,14,19,22,27,39,41-42,46H,3-4,10-13,15-16H2,1-2H3,(H2,35,44)(H,36,45)/t19-,22-,27-,34-/m0/s1. The first-order valence-corrected chi connectivity index (χ1v) is 15.5. The molecule has 242 valence electrons. The molecule has 0 unspecified atom stereocenters. The van der Waals surface area contributed by atoms with Crippen LogP contribution in [-0.4, -0.2) is 106 Å². The Balaban J connectivity index is 1.38. The molecular formula is C34H38N4O8. The molecule has 46 heavy (non-hydrogen) atoms. The molecule has 2 amide bonds. The molecule has 2 aromatic carbocycles. The first-order valence-electron chi connectivity index (χ1n) is 15.5. The number of likely N-dealkylation sites (tertiary alicyclic amines) is 1. The number of amides is 2. The molecule has 0 aromatic heterocycles. The molecule has 1 saturated heterocycles. The van der Waals surface area contributed by atoms with Gasteiger partial charge in [0.25, 0.3) is 11.8 Å². The SMILES string of the molecule is CN(C)[C@@H]1C(O)=C(C(N)=O)C(=O)[C@@]2(O)C(O)=C3C(=O)c4c(O)ccc(-c5cccc(C(=O)NCCN6CCCC6)c5)c4C[C@H]3C[C@@H]12. The van der Waals surface area contributed by atoms with Crippen molar-refractivity contribution in [2.75, 3.05) is 40.3 Å². The molecule has 1 aliphatic heterocycles. The van der Waals surface area contributed by atoms with E-state index in [2.05, 4.69) is 10.2 Å². The molecule has 12 nitrogen and oxygen atoms in total. The zero-order valence-electron chi connectivity index (χ0n) is 25.7. The molecule has 12 heteroatoms. The van der Waals surface area contributed by atoms with Crippen molar-refractivity contribution < 1.29 is 39.6 Å². The van der Waals surface area contributed by atoms with Gasteiger partial charge in [0.15, 0.2) is 11.4 Å². The van der Waals surface area contributed by atoms with Gasteiger partial charge in [-0.15, -0.1) is 0 Å². The van der Waals surface area contributed by atoms with Gasteiger partial charge in [0.05, 0.1) is 11.6 Å². The van der Waals surface area contributed by atoms with Crippen molar-refractivity contribution in [2.45, 2.75) is 37.3 Å². The molecule has 0 spiro atoms. The number of carbonyl (C=O) groups is 4. The van der Waals surface area contributed by atoms with Crippen LogP contribution in [0.15, 0.2) is 59.1 Å². The van der Waals surface area contributed by atoms with E-state index in [0.29, 0.717) is 28.8 Å². The van der Waals surface area contributed by atoms with Crippen LogP contribution in [0, 0.1) is 11.8 Å². The minimum absolute atomic E-state index is 0.0136. The maximum Gasteiger partial charge on any atom is 0.255 e. The number of nitrogens with one attached hydrogen (secondary N) is 1. The fourth-order valence-corrected chi connectivity index (χ4v) is 7.78. The minimum atomic E-state index is -2.70. The Hall–Kier alpha value is -4.52. The summed E-state index contributed by atoms with van der Waals surface area (Å²) in [5.41, 5.74) is 3.72. The molecular weight excluding hydrogens is 592 g/mol. The zero-order chi connectivity index (χ0) is 33.1. The number of rotatable bonds is 7. The number of nitrogens with two attached hydrogens (primary N) is 1. The predicted octanol–water partition coefficient (Wildman–Crippen LogP) is 1.61. The van der Waals surface area contributed by atoms with E-state index in [9.17, 15) is 39.6 Å². The number of benzene rings is 2. The highest BCUT2D eigenvalue weighted by Gasteiger charge is 2.63. The normalized spacial score (nSPS) is 26.2. The number of nitrogens with zero attached hydrogens (tertiary/aromatic N) is 2. The Bertz CT molecular complexity index is 1720. The van der Waals surface area contributed by atoms with E-state index in [-0.39, 0.29) is 35.6 Å². The number of aromatic hydroxyl groups is 1. The molecule has 2 aromatic rings. The summed E-state index contributed by atoms with van der Waals surface area (Å²) in [7, 11) is 3.16. The number of primary amides is 1. The number of allylic oxidation sites excluding steroid dienone is 1. The number of fused-ring (bicyclic) bond motifs is 3. The van der Waals surface area contributed by atoms with Gasteiger partial charge in [0.2, 0.25) is 5.78 Å². The average Bonchev–Trinajstić information content (AvgIpc) is 3.52. The Labute approximate surface area is 265 Å². The number of aliphatic hydroxyl groups excluding tert-OH is 2. The molecule has 0 radical (unpaired) electrons. The Morgan fingerprint density at radius 3 is 2.48 bits per heavy atom. The van der Waals surface area contributed by atoms with Gasteiger partial charge in [-0.1, -0.05) is 18.2 Å². The van der Waals surface area contributed by atoms with E-state index in [0.717, 1.165) is 19.6 Å². The largest absolute Gasteiger partial charge is 0.510 e. The van der Waals surface area contributed by atoms with E-state index in [1.807, 2.05) is 0 Å². The number of phenols is 1. The van der Waals surface area contributed by atoms with Crippen LogP contribution in [-0.2, 0) is 16.0 Å². The third kappa shape index (κ3) is 4.88. The lowest BCUT2D eigenvalue weighted by Crippen LogP contribution is -2.63. The number of hydrogen-bond donors (Lipinski definition) is 6. The highest BCUT2D eigenvalue weighted by atomic mass is 16.3. The number of ketones is 2. The third-order valence-corrected chi connectivity index (χ3v) is 9.95. The van der Waals surface area contributed by atoms with E-state index >= 15 is 0 Å². The van der Waals surface area contributed by atoms with Crippen LogP contribution < -0.4 is 11.1 Å². The van der Waals surface area contributed by atoms with Crippen LogP contribution in [0.2, 0.25) is 0 Å². The van der Waals surface area contributed by atoms with Gasteiger partial charge in [0.1, 0.15) is 22.8 Å². The number of Topliss-reactive ketones (excluding diaryl/α,β-unsaturated/α-hetero) is 2. The van der Waals surface area contributed by atoms with Gasteiger partial charge in [-0.25, -0.2) is 0 Å². The summed E-state index contributed by atoms with van der Waals surface area (Å²) >= 11 is 0. The number of likely N-dealkylation sites (N-methyl/N-ethyl adjacent to an activating group) is 1. The Kier molecular flexibility index (Phi) is 7.99. The molecule has 3 aliphatic carbocycles. The summed E-state index contributed by atoms with van der Waals surface area (Å²) < 4.78 is 0. The van der Waals surface area contributed by atoms with Crippen molar-refractivity contribution in [1.82, 2.24) is 15.1 Å². The highest BCUT2D eigenvalue weighted by Crippen LogP contribution is 2.53. The van der Waals surface area contributed by atoms with E-state index in [1.165, 1.54) is 23.8 Å². The number of aliphatic hydroxyl groups is 3. The van der Waals surface area contributed by atoms with Gasteiger partial charge in [-0.05, 0) is 93.7 Å². The summed E-state index contributed by atoms with van der Waals surface area (Å²) in [6.45, 7) is 3.35. The minimum Gasteiger partial charge on any atom is -0.510 e. The van der Waals surface area contributed by atoms with Gasteiger partial charge in [-0.3, -0.25) is 24.1 Å². The summed E-state index contributed by atoms with van der Waals surface area (Å²) in [6.07, 6.45) is 2.46. The second-order valence-corrected chi connectivity index (χ2v) is 12.8.